The Bertz CT molecular complexity index is 845. The van der Waals surface area contributed by atoms with Crippen LogP contribution in [0.2, 0.25) is 0 Å². The number of benzene rings is 1. The summed E-state index contributed by atoms with van der Waals surface area (Å²) in [6.07, 6.45) is 0. The van der Waals surface area contributed by atoms with Crippen LogP contribution in [-0.2, 0) is 22.3 Å². The number of sulfonamides is 1. The highest BCUT2D eigenvalue weighted by Crippen LogP contribution is 2.23. The van der Waals surface area contributed by atoms with E-state index in [4.69, 9.17) is 11.1 Å². The van der Waals surface area contributed by atoms with E-state index in [9.17, 15) is 8.42 Å². The van der Waals surface area contributed by atoms with Crippen molar-refractivity contribution in [2.45, 2.75) is 29.4 Å². The third-order valence-corrected chi connectivity index (χ3v) is 7.11. The highest BCUT2D eigenvalue weighted by atomic mass is 32.2. The van der Waals surface area contributed by atoms with Crippen LogP contribution in [0.4, 0.5) is 5.69 Å². The van der Waals surface area contributed by atoms with Crippen LogP contribution in [0.25, 0.3) is 0 Å². The molecule has 1 atom stereocenters. The minimum Gasteiger partial charge on any atom is -0.399 e. The maximum absolute atomic E-state index is 12.3. The Morgan fingerprint density at radius 3 is 2.62 bits per heavy atom. The summed E-state index contributed by atoms with van der Waals surface area (Å²) in [6, 6.07) is 8.07. The fourth-order valence-electron chi connectivity index (χ4n) is 2.13. The van der Waals surface area contributed by atoms with Crippen molar-refractivity contribution in [3.05, 3.63) is 46.2 Å². The third-order valence-electron chi connectivity index (χ3n) is 3.52. The number of nitrogens with two attached hydrogens (primary N) is 1. The minimum atomic E-state index is -3.76. The molecule has 0 amide bonds. The zero-order valence-electron chi connectivity index (χ0n) is 15.0. The van der Waals surface area contributed by atoms with E-state index >= 15 is 0 Å². The highest BCUT2D eigenvalue weighted by Gasteiger charge is 2.19. The predicted molar refractivity (Wildman–Crippen MR) is 111 cm³/mol. The monoisotopic (exact) mass is 412 g/mol. The molecule has 142 valence electrons. The molecular weight excluding hydrogens is 388 g/mol. The van der Waals surface area contributed by atoms with Crippen LogP contribution >= 0.6 is 23.1 Å². The van der Waals surface area contributed by atoms with Gasteiger partial charge >= 0.3 is 0 Å². The number of thioether (sulfide) groups is 1. The largest absolute Gasteiger partial charge is 0.399 e. The molecule has 2 rings (SSSR count). The number of hydrogen-bond donors (Lipinski definition) is 3. The molecule has 0 aliphatic heterocycles. The van der Waals surface area contributed by atoms with Crippen molar-refractivity contribution in [2.24, 2.45) is 0 Å². The van der Waals surface area contributed by atoms with Gasteiger partial charge in [0, 0.05) is 22.9 Å². The van der Waals surface area contributed by atoms with Crippen LogP contribution in [0.1, 0.15) is 17.4 Å². The summed E-state index contributed by atoms with van der Waals surface area (Å²) in [7, 11) is 0.304. The quantitative estimate of drug-likeness (QED) is 0.352. The number of amidine groups is 1. The second-order valence-corrected chi connectivity index (χ2v) is 10.2. The molecule has 0 spiro atoms. The number of nitrogens with one attached hydrogen (secondary N) is 2. The maximum atomic E-state index is 12.3. The Labute approximate surface area is 163 Å². The Morgan fingerprint density at radius 1 is 1.35 bits per heavy atom. The van der Waals surface area contributed by atoms with Crippen LogP contribution in [0.15, 0.2) is 40.6 Å². The van der Waals surface area contributed by atoms with Gasteiger partial charge in [0.05, 0.1) is 10.1 Å². The summed E-state index contributed by atoms with van der Waals surface area (Å²) < 4.78 is 27.0. The lowest BCUT2D eigenvalue weighted by molar-refractivity contribution is 0.406. The average molecular weight is 413 g/mol. The lowest BCUT2D eigenvalue weighted by Gasteiger charge is -2.15. The van der Waals surface area contributed by atoms with E-state index in [1.165, 1.54) is 46.5 Å². The standard InChI is InChI=1S/C17H24N4O2S3/c1-12(24-10-13-8-15(25-11-13)9-21(2)3)17(19)20-26(22,23)16-6-4-14(18)5-7-16/h4-8,11-12H,9-10,18H2,1-3H3,(H2,19,20). The molecule has 0 radical (unpaired) electrons. The molecule has 0 saturated heterocycles. The first-order valence-electron chi connectivity index (χ1n) is 7.97. The number of nitrogens with zero attached hydrogens (tertiary/aromatic N) is 1. The molecule has 1 aromatic heterocycles. The minimum absolute atomic E-state index is 0.0319. The number of anilines is 1. The van der Waals surface area contributed by atoms with Crippen LogP contribution < -0.4 is 10.5 Å². The Kier molecular flexibility index (Phi) is 7.10. The van der Waals surface area contributed by atoms with Crippen LogP contribution in [0.5, 0.6) is 0 Å². The Hall–Kier alpha value is -1.55. The van der Waals surface area contributed by atoms with Crippen molar-refractivity contribution in [3.8, 4) is 0 Å². The van der Waals surface area contributed by atoms with E-state index in [-0.39, 0.29) is 16.0 Å². The van der Waals surface area contributed by atoms with Crippen molar-refractivity contribution >= 4 is 44.6 Å². The topological polar surface area (TPSA) is 99.3 Å². The van der Waals surface area contributed by atoms with Gasteiger partial charge in [-0.3, -0.25) is 10.1 Å². The smallest absolute Gasteiger partial charge is 0.262 e. The van der Waals surface area contributed by atoms with E-state index in [2.05, 4.69) is 21.1 Å². The van der Waals surface area contributed by atoms with Gasteiger partial charge in [0.1, 0.15) is 5.84 Å². The molecule has 1 aromatic carbocycles. The first-order valence-corrected chi connectivity index (χ1v) is 11.4. The third kappa shape index (κ3) is 6.01. The summed E-state index contributed by atoms with van der Waals surface area (Å²) in [5.41, 5.74) is 7.27. The summed E-state index contributed by atoms with van der Waals surface area (Å²) in [4.78, 5) is 3.50. The molecule has 6 nitrogen and oxygen atoms in total. The highest BCUT2D eigenvalue weighted by molar-refractivity contribution is 8.00. The van der Waals surface area contributed by atoms with Crippen LogP contribution in [-0.4, -0.2) is 38.5 Å². The van der Waals surface area contributed by atoms with Crippen molar-refractivity contribution in [1.82, 2.24) is 9.62 Å². The van der Waals surface area contributed by atoms with Gasteiger partial charge in [0.2, 0.25) is 0 Å². The molecule has 26 heavy (non-hydrogen) atoms. The molecule has 0 fully saturated rings. The summed E-state index contributed by atoms with van der Waals surface area (Å²) in [5, 5.41) is 9.91. The van der Waals surface area contributed by atoms with E-state index in [0.717, 1.165) is 12.3 Å². The molecule has 9 heteroatoms. The summed E-state index contributed by atoms with van der Waals surface area (Å²) in [6.45, 7) is 2.73. The maximum Gasteiger partial charge on any atom is 0.262 e. The van der Waals surface area contributed by atoms with Crippen molar-refractivity contribution < 1.29 is 8.42 Å². The van der Waals surface area contributed by atoms with E-state index in [1.807, 2.05) is 21.0 Å². The van der Waals surface area contributed by atoms with Crippen LogP contribution in [0, 0.1) is 5.41 Å². The molecule has 0 aliphatic carbocycles. The van der Waals surface area contributed by atoms with Gasteiger partial charge in [0.15, 0.2) is 0 Å². The molecule has 0 saturated carbocycles. The normalized spacial score (nSPS) is 12.9. The van der Waals surface area contributed by atoms with Gasteiger partial charge in [-0.05, 0) is 62.3 Å². The lowest BCUT2D eigenvalue weighted by atomic mass is 10.3. The van der Waals surface area contributed by atoms with Gasteiger partial charge in [-0.1, -0.05) is 0 Å². The molecule has 1 unspecified atom stereocenters. The fraction of sp³-hybridized carbons (Fsp3) is 0.353. The van der Waals surface area contributed by atoms with E-state index in [1.54, 1.807) is 11.3 Å². The SMILES string of the molecule is CC(SCc1csc(CN(C)C)c1)C(=N)NS(=O)(=O)c1ccc(N)cc1. The molecule has 2 aromatic rings. The van der Waals surface area contributed by atoms with Gasteiger partial charge in [-0.25, -0.2) is 8.42 Å². The fourth-order valence-corrected chi connectivity index (χ4v) is 5.23. The molecule has 1 heterocycles. The van der Waals surface area contributed by atoms with Gasteiger partial charge in [-0.2, -0.15) is 0 Å². The molecule has 0 bridgehead atoms. The lowest BCUT2D eigenvalue weighted by Crippen LogP contribution is -2.35. The first-order chi connectivity index (χ1) is 12.2. The molecular formula is C17H24N4O2S3. The van der Waals surface area contributed by atoms with Gasteiger partial charge < -0.3 is 10.6 Å². The second-order valence-electron chi connectivity index (χ2n) is 6.20. The Morgan fingerprint density at radius 2 is 2.00 bits per heavy atom. The number of hydrogen-bond acceptors (Lipinski definition) is 7. The van der Waals surface area contributed by atoms with Crippen molar-refractivity contribution in [1.29, 1.82) is 5.41 Å². The zero-order valence-corrected chi connectivity index (χ0v) is 17.5. The van der Waals surface area contributed by atoms with E-state index in [0.29, 0.717) is 5.69 Å². The predicted octanol–water partition coefficient (Wildman–Crippen LogP) is 2.97. The van der Waals surface area contributed by atoms with Crippen molar-refractivity contribution in [3.63, 3.8) is 0 Å². The van der Waals surface area contributed by atoms with Gasteiger partial charge in [-0.15, -0.1) is 23.1 Å². The number of rotatable bonds is 8. The van der Waals surface area contributed by atoms with E-state index < -0.39 is 10.0 Å². The summed E-state index contributed by atoms with van der Waals surface area (Å²) >= 11 is 3.25. The van der Waals surface area contributed by atoms with Crippen molar-refractivity contribution in [2.75, 3.05) is 19.8 Å². The second kappa shape index (κ2) is 8.90. The zero-order chi connectivity index (χ0) is 19.3. The van der Waals surface area contributed by atoms with Crippen LogP contribution in [0.3, 0.4) is 0 Å². The molecule has 0 aliphatic rings. The summed E-state index contributed by atoms with van der Waals surface area (Å²) in [5.74, 6) is 0.701. The molecule has 4 N–H and O–H groups in total. The number of thiophene rings is 1. The number of nitrogen functional groups attached to an aromatic ring is 1. The Balaban J connectivity index is 1.90. The average Bonchev–Trinajstić information content (AvgIpc) is 2.99. The van der Waals surface area contributed by atoms with Gasteiger partial charge in [0.25, 0.3) is 10.0 Å². The first kappa shape index (κ1) is 20.8.